The second-order valence-electron chi connectivity index (χ2n) is 5.94. The largest absolute Gasteiger partial charge is 0.507 e. The average Bonchev–Trinajstić information content (AvgIpc) is 3.01. The summed E-state index contributed by atoms with van der Waals surface area (Å²) in [4.78, 5) is 38.7. The Bertz CT molecular complexity index is 1160. The van der Waals surface area contributed by atoms with Crippen molar-refractivity contribution >= 4 is 16.7 Å². The van der Waals surface area contributed by atoms with Gasteiger partial charge in [-0.1, -0.05) is 18.2 Å². The van der Waals surface area contributed by atoms with Gasteiger partial charge in [-0.05, 0) is 24.3 Å². The number of aromatic hydroxyl groups is 1. The van der Waals surface area contributed by atoms with Crippen molar-refractivity contribution in [2.24, 2.45) is 0 Å². The monoisotopic (exact) mass is 353 g/mol. The number of benzene rings is 2. The lowest BCUT2D eigenvalue weighted by Gasteiger charge is -2.16. The number of fused-ring (bicyclic) bond motifs is 4. The van der Waals surface area contributed by atoms with Crippen molar-refractivity contribution < 1.29 is 15.0 Å². The third-order valence-electron chi connectivity index (χ3n) is 4.47. The molecule has 1 unspecified atom stereocenters. The van der Waals surface area contributed by atoms with Gasteiger partial charge in [0.15, 0.2) is 6.04 Å². The Morgan fingerprint density at radius 2 is 1.73 bits per heavy atom. The molecule has 132 valence electrons. The number of amides is 1. The van der Waals surface area contributed by atoms with Crippen molar-refractivity contribution in [1.82, 2.24) is 14.7 Å². The van der Waals surface area contributed by atoms with Gasteiger partial charge < -0.3 is 15.5 Å². The summed E-state index contributed by atoms with van der Waals surface area (Å²) in [7, 11) is 0. The first kappa shape index (κ1) is 16.1. The van der Waals surface area contributed by atoms with Gasteiger partial charge in [0.1, 0.15) is 5.75 Å². The van der Waals surface area contributed by atoms with Crippen LogP contribution in [0.3, 0.4) is 0 Å². The highest BCUT2D eigenvalue weighted by Crippen LogP contribution is 2.37. The Morgan fingerprint density at radius 3 is 2.42 bits per heavy atom. The number of carbonyl (C=O) groups excluding carboxylic acids is 1. The van der Waals surface area contributed by atoms with Crippen molar-refractivity contribution in [2.45, 2.75) is 6.04 Å². The smallest absolute Gasteiger partial charge is 0.278 e. The number of nitrogens with zero attached hydrogens (tertiary/aromatic N) is 2. The molecule has 4 rings (SSSR count). The Hall–Kier alpha value is -3.39. The fourth-order valence-electron chi connectivity index (χ4n) is 3.39. The van der Waals surface area contributed by atoms with Crippen molar-refractivity contribution in [3.8, 4) is 11.4 Å². The van der Waals surface area contributed by atoms with Gasteiger partial charge >= 0.3 is 0 Å². The minimum absolute atomic E-state index is 0.00910. The molecule has 1 aliphatic rings. The van der Waals surface area contributed by atoms with Gasteiger partial charge in [0.05, 0.1) is 28.6 Å². The molecule has 0 radical (unpaired) electrons. The van der Waals surface area contributed by atoms with Crippen LogP contribution in [0.1, 0.15) is 11.6 Å². The molecule has 0 fully saturated rings. The third kappa shape index (κ3) is 2.09. The molecule has 1 aromatic heterocycles. The lowest BCUT2D eigenvalue weighted by atomic mass is 10.0. The van der Waals surface area contributed by atoms with Crippen LogP contribution in [0.25, 0.3) is 16.5 Å². The van der Waals surface area contributed by atoms with Crippen LogP contribution in [0.2, 0.25) is 0 Å². The maximum Gasteiger partial charge on any atom is 0.278 e. The average molecular weight is 353 g/mol. The normalized spacial score (nSPS) is 14.9. The molecule has 8 nitrogen and oxygen atoms in total. The van der Waals surface area contributed by atoms with Gasteiger partial charge in [-0.3, -0.25) is 14.4 Å². The molecule has 1 atom stereocenters. The molecule has 2 heterocycles. The topological polar surface area (TPSA) is 114 Å². The van der Waals surface area contributed by atoms with E-state index in [0.717, 1.165) is 9.36 Å². The summed E-state index contributed by atoms with van der Waals surface area (Å²) in [6, 6.07) is 9.67. The second kappa shape index (κ2) is 5.85. The van der Waals surface area contributed by atoms with Crippen molar-refractivity contribution in [3.05, 3.63) is 68.7 Å². The minimum Gasteiger partial charge on any atom is -0.507 e. The van der Waals surface area contributed by atoms with Crippen LogP contribution in [-0.4, -0.2) is 38.6 Å². The fraction of sp³-hybridized carbons (Fsp3) is 0.167. The molecule has 0 bridgehead atoms. The minimum atomic E-state index is -1.21. The summed E-state index contributed by atoms with van der Waals surface area (Å²) in [6.45, 7) is -0.281. The van der Waals surface area contributed by atoms with E-state index in [1.165, 1.54) is 12.1 Å². The van der Waals surface area contributed by atoms with E-state index in [4.69, 9.17) is 5.11 Å². The van der Waals surface area contributed by atoms with E-state index in [1.54, 1.807) is 30.3 Å². The molecule has 0 aliphatic carbocycles. The van der Waals surface area contributed by atoms with E-state index in [1.807, 2.05) is 0 Å². The zero-order chi connectivity index (χ0) is 18.4. The van der Waals surface area contributed by atoms with Crippen LogP contribution in [0.4, 0.5) is 0 Å². The standard InChI is InChI=1S/C18H15N3O5/c22-9-8-19-16(24)15-14-12(6-3-7-13(14)23)20-17(25)10-4-1-2-5-11(10)18(26)21(15)20/h1-7,15,22-23H,8-9H2,(H,19,24). The molecule has 0 saturated heterocycles. The summed E-state index contributed by atoms with van der Waals surface area (Å²) < 4.78 is 2.19. The molecule has 1 amide bonds. The Labute approximate surface area is 146 Å². The maximum absolute atomic E-state index is 13.0. The highest BCUT2D eigenvalue weighted by Gasteiger charge is 2.38. The lowest BCUT2D eigenvalue weighted by molar-refractivity contribution is -0.123. The maximum atomic E-state index is 13.0. The van der Waals surface area contributed by atoms with E-state index in [0.29, 0.717) is 0 Å². The predicted octanol–water partition coefficient (Wildman–Crippen LogP) is -0.131. The van der Waals surface area contributed by atoms with Crippen LogP contribution >= 0.6 is 0 Å². The summed E-state index contributed by atoms with van der Waals surface area (Å²) in [6.07, 6.45) is 0. The van der Waals surface area contributed by atoms with Gasteiger partial charge in [0, 0.05) is 6.54 Å². The number of phenolic OH excluding ortho intramolecular Hbond substituents is 1. The number of phenols is 1. The lowest BCUT2D eigenvalue weighted by Crippen LogP contribution is -2.42. The molecular weight excluding hydrogens is 338 g/mol. The first-order valence-electron chi connectivity index (χ1n) is 8.03. The van der Waals surface area contributed by atoms with Crippen LogP contribution in [0.15, 0.2) is 52.1 Å². The molecule has 3 aromatic rings. The van der Waals surface area contributed by atoms with Gasteiger partial charge in [0.2, 0.25) is 5.91 Å². The molecule has 2 aromatic carbocycles. The second-order valence-corrected chi connectivity index (χ2v) is 5.94. The number of rotatable bonds is 3. The Balaban J connectivity index is 2.11. The zero-order valence-electron chi connectivity index (χ0n) is 13.5. The van der Waals surface area contributed by atoms with Crippen molar-refractivity contribution in [1.29, 1.82) is 0 Å². The summed E-state index contributed by atoms with van der Waals surface area (Å²) in [5, 5.41) is 22.2. The number of aliphatic hydroxyl groups excluding tert-OH is 1. The SMILES string of the molecule is O=C(NCCO)C1c2c(O)cccc2-n2c(=O)c3ccccc3c(=O)n21. The first-order chi connectivity index (χ1) is 12.6. The number of nitrogens with one attached hydrogen (secondary N) is 1. The number of carbonyl (C=O) groups is 1. The van der Waals surface area contributed by atoms with E-state index < -0.39 is 23.1 Å². The molecule has 3 N–H and O–H groups in total. The van der Waals surface area contributed by atoms with E-state index in [9.17, 15) is 19.5 Å². The van der Waals surface area contributed by atoms with Gasteiger partial charge in [0.25, 0.3) is 11.1 Å². The molecule has 8 heteroatoms. The quantitative estimate of drug-likeness (QED) is 0.607. The number of aliphatic hydroxyl groups is 1. The number of hydrogen-bond acceptors (Lipinski definition) is 5. The molecule has 26 heavy (non-hydrogen) atoms. The van der Waals surface area contributed by atoms with Gasteiger partial charge in [-0.25, -0.2) is 9.36 Å². The summed E-state index contributed by atoms with van der Waals surface area (Å²) >= 11 is 0. The van der Waals surface area contributed by atoms with Gasteiger partial charge in [-0.15, -0.1) is 0 Å². The van der Waals surface area contributed by atoms with Crippen LogP contribution < -0.4 is 16.4 Å². The van der Waals surface area contributed by atoms with Crippen LogP contribution in [-0.2, 0) is 4.79 Å². The van der Waals surface area contributed by atoms with Crippen LogP contribution in [0, 0.1) is 0 Å². The predicted molar refractivity (Wildman–Crippen MR) is 93.7 cm³/mol. The first-order valence-corrected chi connectivity index (χ1v) is 8.03. The Kier molecular flexibility index (Phi) is 3.62. The van der Waals surface area contributed by atoms with E-state index in [2.05, 4.69) is 5.32 Å². The summed E-state index contributed by atoms with van der Waals surface area (Å²) in [5.74, 6) is -0.782. The Morgan fingerprint density at radius 1 is 1.04 bits per heavy atom. The third-order valence-corrected chi connectivity index (χ3v) is 4.47. The van der Waals surface area contributed by atoms with E-state index in [-0.39, 0.29) is 40.9 Å². The van der Waals surface area contributed by atoms with E-state index >= 15 is 0 Å². The van der Waals surface area contributed by atoms with Crippen molar-refractivity contribution in [3.63, 3.8) is 0 Å². The van der Waals surface area contributed by atoms with Crippen molar-refractivity contribution in [2.75, 3.05) is 13.2 Å². The number of hydrogen-bond donors (Lipinski definition) is 3. The highest BCUT2D eigenvalue weighted by molar-refractivity contribution is 5.88. The molecule has 1 aliphatic heterocycles. The highest BCUT2D eigenvalue weighted by atomic mass is 16.3. The van der Waals surface area contributed by atoms with Gasteiger partial charge in [-0.2, -0.15) is 0 Å². The molecule has 0 saturated carbocycles. The fourth-order valence-corrected chi connectivity index (χ4v) is 3.39. The molecular formula is C18H15N3O5. The number of aromatic nitrogens is 2. The summed E-state index contributed by atoms with van der Waals surface area (Å²) in [5.41, 5.74) is -0.510. The van der Waals surface area contributed by atoms with Crippen LogP contribution in [0.5, 0.6) is 5.75 Å². The molecule has 0 spiro atoms. The zero-order valence-corrected chi connectivity index (χ0v) is 13.5.